The van der Waals surface area contributed by atoms with Crippen LogP contribution in [0.2, 0.25) is 0 Å². The number of unbranched alkanes of at least 4 members (excludes halogenated alkanes) is 28. The van der Waals surface area contributed by atoms with Gasteiger partial charge in [-0.2, -0.15) is 0 Å². The molecule has 0 bridgehead atoms. The highest BCUT2D eigenvalue weighted by Gasteiger charge is 2.15. The Bertz CT molecular complexity index is 573. The number of esters is 2. The number of rotatable bonds is 36. The van der Waals surface area contributed by atoms with E-state index in [1.807, 2.05) is 0 Å². The summed E-state index contributed by atoms with van der Waals surface area (Å²) in [6.45, 7) is 8.14. The smallest absolute Gasteiger partial charge is 0.307 e. The maximum Gasteiger partial charge on any atom is 0.307 e. The number of hydrogen-bond acceptors (Lipinski definition) is 5. The molecular weight excluding hydrogens is 558 g/mol. The molecule has 0 aromatic carbocycles. The molecule has 0 aromatic heterocycles. The molecule has 0 saturated heterocycles. The molecule has 0 saturated carbocycles. The van der Waals surface area contributed by atoms with E-state index in [1.54, 1.807) is 13.8 Å². The average molecular weight is 638 g/mol. The number of nitrogens with one attached hydrogen (secondary N) is 1. The third-order valence-corrected chi connectivity index (χ3v) is 9.05. The Morgan fingerprint density at radius 3 is 0.800 bits per heavy atom. The average Bonchev–Trinajstić information content (AvgIpc) is 3.00. The summed E-state index contributed by atoms with van der Waals surface area (Å²) in [4.78, 5) is 24.4. The summed E-state index contributed by atoms with van der Waals surface area (Å²) in [5.41, 5.74) is 0. The van der Waals surface area contributed by atoms with Crippen molar-refractivity contribution in [3.63, 3.8) is 0 Å². The first-order valence-corrected chi connectivity index (χ1v) is 20.1. The van der Waals surface area contributed by atoms with E-state index in [0.29, 0.717) is 12.8 Å². The van der Waals surface area contributed by atoms with Crippen molar-refractivity contribution in [1.29, 1.82) is 0 Å². The fourth-order valence-electron chi connectivity index (χ4n) is 6.19. The van der Waals surface area contributed by atoms with Gasteiger partial charge in [0, 0.05) is 12.8 Å². The highest BCUT2D eigenvalue weighted by atomic mass is 16.6. The van der Waals surface area contributed by atoms with E-state index >= 15 is 0 Å². The molecule has 1 N–H and O–H groups in total. The number of ether oxygens (including phenoxy) is 2. The maximum atomic E-state index is 12.2. The lowest BCUT2D eigenvalue weighted by Gasteiger charge is -2.20. The van der Waals surface area contributed by atoms with Crippen LogP contribution >= 0.6 is 0 Å². The molecule has 0 fully saturated rings. The predicted molar refractivity (Wildman–Crippen MR) is 193 cm³/mol. The number of hydrogen-bond donors (Lipinski definition) is 1. The van der Waals surface area contributed by atoms with Crippen molar-refractivity contribution in [3.05, 3.63) is 0 Å². The lowest BCUT2D eigenvalue weighted by Crippen LogP contribution is -2.40. The van der Waals surface area contributed by atoms with Crippen LogP contribution < -0.4 is 5.32 Å². The van der Waals surface area contributed by atoms with Crippen LogP contribution in [-0.2, 0) is 19.1 Å². The van der Waals surface area contributed by atoms with E-state index in [9.17, 15) is 9.59 Å². The summed E-state index contributed by atoms with van der Waals surface area (Å²) in [6, 6.07) is 0. The Labute approximate surface area is 281 Å². The van der Waals surface area contributed by atoms with E-state index in [2.05, 4.69) is 19.2 Å². The molecule has 0 aliphatic rings. The molecule has 0 spiro atoms. The Morgan fingerprint density at radius 1 is 0.378 bits per heavy atom. The Balaban J connectivity index is 3.49. The lowest BCUT2D eigenvalue weighted by atomic mass is 10.0. The second kappa shape index (κ2) is 35.7. The number of carbonyl (C=O) groups is 2. The minimum Gasteiger partial charge on any atom is -0.447 e. The Hall–Kier alpha value is -1.10. The van der Waals surface area contributed by atoms with Crippen LogP contribution in [0, 0.1) is 0 Å². The standard InChI is InChI=1S/C40H79NO4/c1-5-7-9-11-13-15-17-19-21-23-25-27-29-31-33-35-39(42)44-37(3)41-38(4)45-40(43)36-34-32-30-28-26-24-22-20-18-16-14-12-10-8-6-2/h37-38,41H,5-36H2,1-4H3. The van der Waals surface area contributed by atoms with Crippen LogP contribution in [0.4, 0.5) is 0 Å². The fourth-order valence-corrected chi connectivity index (χ4v) is 6.19. The zero-order valence-corrected chi connectivity index (χ0v) is 30.9. The van der Waals surface area contributed by atoms with Crippen molar-refractivity contribution >= 4 is 11.9 Å². The SMILES string of the molecule is CCCCCCCCCCCCCCCCCC(=O)OC(C)NC(C)OC(=O)CCCCCCCCCCCCCCCCC. The van der Waals surface area contributed by atoms with E-state index in [1.165, 1.54) is 167 Å². The van der Waals surface area contributed by atoms with Gasteiger partial charge in [-0.15, -0.1) is 0 Å². The van der Waals surface area contributed by atoms with Gasteiger partial charge in [-0.3, -0.25) is 9.59 Å². The summed E-state index contributed by atoms with van der Waals surface area (Å²) < 4.78 is 10.9. The molecular formula is C40H79NO4. The Kier molecular flexibility index (Phi) is 34.9. The first-order chi connectivity index (χ1) is 22.0. The normalized spacial score (nSPS) is 12.7. The quantitative estimate of drug-likeness (QED) is 0.0420. The first kappa shape index (κ1) is 43.9. The predicted octanol–water partition coefficient (Wildman–Crippen LogP) is 12.9. The molecule has 0 aliphatic carbocycles. The molecule has 5 heteroatoms. The summed E-state index contributed by atoms with van der Waals surface area (Å²) in [7, 11) is 0. The van der Waals surface area contributed by atoms with Crippen molar-refractivity contribution in [3.8, 4) is 0 Å². The van der Waals surface area contributed by atoms with Crippen LogP contribution in [-0.4, -0.2) is 24.4 Å². The van der Waals surface area contributed by atoms with Gasteiger partial charge in [0.1, 0.15) is 0 Å². The van der Waals surface area contributed by atoms with E-state index in [0.717, 1.165) is 25.7 Å². The fraction of sp³-hybridized carbons (Fsp3) is 0.950. The van der Waals surface area contributed by atoms with Gasteiger partial charge >= 0.3 is 11.9 Å². The molecule has 268 valence electrons. The van der Waals surface area contributed by atoms with E-state index in [-0.39, 0.29) is 11.9 Å². The van der Waals surface area contributed by atoms with Gasteiger partial charge in [-0.25, -0.2) is 5.32 Å². The van der Waals surface area contributed by atoms with Crippen molar-refractivity contribution < 1.29 is 19.1 Å². The highest BCUT2D eigenvalue weighted by Crippen LogP contribution is 2.15. The zero-order valence-electron chi connectivity index (χ0n) is 30.9. The summed E-state index contributed by atoms with van der Waals surface area (Å²) in [5, 5.41) is 3.06. The Morgan fingerprint density at radius 2 is 0.578 bits per heavy atom. The number of carbonyl (C=O) groups excluding carboxylic acids is 2. The topological polar surface area (TPSA) is 64.6 Å². The lowest BCUT2D eigenvalue weighted by molar-refractivity contribution is -0.157. The van der Waals surface area contributed by atoms with Gasteiger partial charge in [-0.05, 0) is 26.7 Å². The van der Waals surface area contributed by atoms with Gasteiger partial charge in [0.25, 0.3) is 0 Å². The molecule has 45 heavy (non-hydrogen) atoms. The van der Waals surface area contributed by atoms with Crippen LogP contribution in [0.1, 0.15) is 233 Å². The van der Waals surface area contributed by atoms with Crippen molar-refractivity contribution in [2.75, 3.05) is 0 Å². The summed E-state index contributed by atoms with van der Waals surface area (Å²) >= 11 is 0. The van der Waals surface area contributed by atoms with Crippen molar-refractivity contribution in [1.82, 2.24) is 5.32 Å². The van der Waals surface area contributed by atoms with Gasteiger partial charge < -0.3 is 9.47 Å². The van der Waals surface area contributed by atoms with Crippen LogP contribution in [0.15, 0.2) is 0 Å². The van der Waals surface area contributed by atoms with Gasteiger partial charge in [0.15, 0.2) is 12.5 Å². The highest BCUT2D eigenvalue weighted by molar-refractivity contribution is 5.70. The molecule has 2 unspecified atom stereocenters. The monoisotopic (exact) mass is 638 g/mol. The minimum atomic E-state index is -0.470. The molecule has 0 aliphatic heterocycles. The molecule has 0 amide bonds. The largest absolute Gasteiger partial charge is 0.447 e. The third-order valence-electron chi connectivity index (χ3n) is 9.05. The van der Waals surface area contributed by atoms with E-state index in [4.69, 9.17) is 9.47 Å². The van der Waals surface area contributed by atoms with E-state index < -0.39 is 12.5 Å². The zero-order chi connectivity index (χ0) is 33.1. The second-order valence-corrected chi connectivity index (χ2v) is 13.8. The van der Waals surface area contributed by atoms with Gasteiger partial charge in [0.05, 0.1) is 0 Å². The molecule has 0 heterocycles. The van der Waals surface area contributed by atoms with Gasteiger partial charge in [0.2, 0.25) is 0 Å². The second-order valence-electron chi connectivity index (χ2n) is 13.8. The summed E-state index contributed by atoms with van der Waals surface area (Å²) in [5.74, 6) is -0.359. The molecule has 0 rings (SSSR count). The van der Waals surface area contributed by atoms with Crippen LogP contribution in [0.5, 0.6) is 0 Å². The van der Waals surface area contributed by atoms with Gasteiger partial charge in [-0.1, -0.05) is 194 Å². The maximum absolute atomic E-state index is 12.2. The molecule has 0 radical (unpaired) electrons. The summed E-state index contributed by atoms with van der Waals surface area (Å²) in [6.07, 6.45) is 39.3. The molecule has 5 nitrogen and oxygen atoms in total. The first-order valence-electron chi connectivity index (χ1n) is 20.1. The van der Waals surface area contributed by atoms with Crippen molar-refractivity contribution in [2.24, 2.45) is 0 Å². The van der Waals surface area contributed by atoms with Crippen LogP contribution in [0.25, 0.3) is 0 Å². The third kappa shape index (κ3) is 35.6. The van der Waals surface area contributed by atoms with Crippen LogP contribution in [0.3, 0.4) is 0 Å². The molecule has 0 aromatic rings. The minimum absolute atomic E-state index is 0.180. The van der Waals surface area contributed by atoms with Crippen molar-refractivity contribution in [2.45, 2.75) is 246 Å². The molecule has 2 atom stereocenters.